The third kappa shape index (κ3) is 2.23. The summed E-state index contributed by atoms with van der Waals surface area (Å²) in [4.78, 5) is 15.3. The molecule has 7 heteroatoms. The van der Waals surface area contributed by atoms with Crippen LogP contribution in [0.1, 0.15) is 17.4 Å². The van der Waals surface area contributed by atoms with Crippen molar-refractivity contribution in [2.45, 2.75) is 6.92 Å². The van der Waals surface area contributed by atoms with E-state index in [9.17, 15) is 4.79 Å². The minimum absolute atomic E-state index is 0.141. The molecule has 2 heterocycles. The van der Waals surface area contributed by atoms with Gasteiger partial charge >= 0.3 is 12.0 Å². The molecule has 0 aliphatic heterocycles. The summed E-state index contributed by atoms with van der Waals surface area (Å²) >= 11 is 2.12. The molecule has 2 aromatic rings. The van der Waals surface area contributed by atoms with Crippen molar-refractivity contribution in [1.82, 2.24) is 14.8 Å². The van der Waals surface area contributed by atoms with E-state index in [4.69, 9.17) is 9.15 Å². The fourth-order valence-corrected chi connectivity index (χ4v) is 1.46. The van der Waals surface area contributed by atoms with Gasteiger partial charge in [0.2, 0.25) is 0 Å². The Balaban J connectivity index is 2.22. The average Bonchev–Trinajstić information content (AvgIpc) is 2.85. The van der Waals surface area contributed by atoms with Gasteiger partial charge < -0.3 is 9.15 Å². The van der Waals surface area contributed by atoms with Crippen molar-refractivity contribution in [3.63, 3.8) is 0 Å². The minimum Gasteiger partial charge on any atom is -0.461 e. The van der Waals surface area contributed by atoms with Crippen LogP contribution in [0.2, 0.25) is 0 Å². The monoisotopic (exact) mass is 333 g/mol. The molecule has 0 bridgehead atoms. The second-order valence-electron chi connectivity index (χ2n) is 2.84. The van der Waals surface area contributed by atoms with Crippen molar-refractivity contribution in [3.05, 3.63) is 27.9 Å². The summed E-state index contributed by atoms with van der Waals surface area (Å²) in [7, 11) is 0. The summed E-state index contributed by atoms with van der Waals surface area (Å²) in [5.41, 5.74) is 0.141. The van der Waals surface area contributed by atoms with Crippen LogP contribution >= 0.6 is 22.6 Å². The average molecular weight is 333 g/mol. The number of hydrogen-bond donors (Lipinski definition) is 0. The lowest BCUT2D eigenvalue weighted by Crippen LogP contribution is -2.05. The Morgan fingerprint density at radius 2 is 2.50 bits per heavy atom. The van der Waals surface area contributed by atoms with Crippen molar-refractivity contribution in [2.75, 3.05) is 6.61 Å². The maximum atomic E-state index is 11.3. The number of esters is 1. The van der Waals surface area contributed by atoms with Crippen molar-refractivity contribution in [3.8, 4) is 6.01 Å². The molecule has 0 fully saturated rings. The van der Waals surface area contributed by atoms with Gasteiger partial charge in [-0.2, -0.15) is 14.8 Å². The van der Waals surface area contributed by atoms with Gasteiger partial charge in [0, 0.05) is 6.20 Å². The highest BCUT2D eigenvalue weighted by molar-refractivity contribution is 14.1. The van der Waals surface area contributed by atoms with Gasteiger partial charge in [0.25, 0.3) is 0 Å². The molecule has 2 aromatic heterocycles. The summed E-state index contributed by atoms with van der Waals surface area (Å²) in [5, 5.41) is 4.01. The number of rotatable bonds is 3. The molecule has 0 aromatic carbocycles. The standard InChI is InChI=1S/C9H8IN3O3/c1-2-15-8(14)7-5-16-9(12-7)13-4-6(10)3-11-13/h3-5H,2H2,1H3. The van der Waals surface area contributed by atoms with Crippen LogP contribution in [-0.4, -0.2) is 27.3 Å². The van der Waals surface area contributed by atoms with Gasteiger partial charge in [-0.15, -0.1) is 0 Å². The molecule has 16 heavy (non-hydrogen) atoms. The van der Waals surface area contributed by atoms with E-state index in [2.05, 4.69) is 32.7 Å². The van der Waals surface area contributed by atoms with Gasteiger partial charge in [-0.25, -0.2) is 4.79 Å². The van der Waals surface area contributed by atoms with E-state index in [1.54, 1.807) is 19.3 Å². The molecule has 0 saturated carbocycles. The largest absolute Gasteiger partial charge is 0.461 e. The van der Waals surface area contributed by atoms with Gasteiger partial charge in [-0.1, -0.05) is 0 Å². The van der Waals surface area contributed by atoms with Crippen molar-refractivity contribution in [2.24, 2.45) is 0 Å². The first kappa shape index (κ1) is 11.1. The summed E-state index contributed by atoms with van der Waals surface area (Å²) in [6.45, 7) is 2.04. The normalized spacial score (nSPS) is 10.4. The topological polar surface area (TPSA) is 70.2 Å². The van der Waals surface area contributed by atoms with Crippen LogP contribution in [0.4, 0.5) is 0 Å². The van der Waals surface area contributed by atoms with Gasteiger partial charge in [0.05, 0.1) is 16.4 Å². The Kier molecular flexibility index (Phi) is 3.22. The molecular formula is C9H8IN3O3. The first-order valence-electron chi connectivity index (χ1n) is 4.54. The molecule has 0 aliphatic carbocycles. The molecule has 0 amide bonds. The van der Waals surface area contributed by atoms with Crippen LogP contribution in [0, 0.1) is 3.57 Å². The lowest BCUT2D eigenvalue weighted by atomic mass is 10.5. The molecule has 6 nitrogen and oxygen atoms in total. The SMILES string of the molecule is CCOC(=O)c1coc(-n2cc(I)cn2)n1. The van der Waals surface area contributed by atoms with E-state index in [0.717, 1.165) is 3.57 Å². The van der Waals surface area contributed by atoms with Gasteiger partial charge in [0.15, 0.2) is 5.69 Å². The van der Waals surface area contributed by atoms with Crippen LogP contribution in [-0.2, 0) is 4.74 Å². The van der Waals surface area contributed by atoms with Crippen LogP contribution in [0.3, 0.4) is 0 Å². The molecule has 2 rings (SSSR count). The smallest absolute Gasteiger partial charge is 0.360 e. The zero-order valence-electron chi connectivity index (χ0n) is 8.38. The molecule has 84 valence electrons. The first-order valence-corrected chi connectivity index (χ1v) is 5.61. The molecule has 0 spiro atoms. The van der Waals surface area contributed by atoms with Gasteiger partial charge in [-0.3, -0.25) is 0 Å². The number of nitrogens with zero attached hydrogens (tertiary/aromatic N) is 3. The van der Waals surface area contributed by atoms with Crippen LogP contribution in [0.5, 0.6) is 0 Å². The van der Waals surface area contributed by atoms with Gasteiger partial charge in [-0.05, 0) is 29.5 Å². The third-order valence-electron chi connectivity index (χ3n) is 1.72. The van der Waals surface area contributed by atoms with E-state index < -0.39 is 5.97 Å². The molecule has 0 N–H and O–H groups in total. The summed E-state index contributed by atoms with van der Waals surface area (Å²) in [6.07, 6.45) is 4.65. The Hall–Kier alpha value is -1.38. The summed E-state index contributed by atoms with van der Waals surface area (Å²) in [6, 6.07) is 0.242. The molecule has 0 aliphatic rings. The lowest BCUT2D eigenvalue weighted by molar-refractivity contribution is 0.0519. The highest BCUT2D eigenvalue weighted by atomic mass is 127. The van der Waals surface area contributed by atoms with Crippen LogP contribution in [0.25, 0.3) is 6.01 Å². The van der Waals surface area contributed by atoms with Gasteiger partial charge in [0.1, 0.15) is 6.26 Å². The van der Waals surface area contributed by atoms with Crippen molar-refractivity contribution >= 4 is 28.6 Å². The van der Waals surface area contributed by atoms with E-state index in [0.29, 0.717) is 6.61 Å². The Morgan fingerprint density at radius 1 is 1.69 bits per heavy atom. The number of carbonyl (C=O) groups excluding carboxylic acids is 1. The van der Waals surface area contributed by atoms with E-state index >= 15 is 0 Å². The van der Waals surface area contributed by atoms with Crippen molar-refractivity contribution < 1.29 is 13.9 Å². The van der Waals surface area contributed by atoms with Crippen LogP contribution in [0.15, 0.2) is 23.1 Å². The Labute approximate surface area is 105 Å². The summed E-state index contributed by atoms with van der Waals surface area (Å²) < 4.78 is 12.3. The lowest BCUT2D eigenvalue weighted by Gasteiger charge is -1.95. The second kappa shape index (κ2) is 4.64. The summed E-state index contributed by atoms with van der Waals surface area (Å²) in [5.74, 6) is -0.501. The second-order valence-corrected chi connectivity index (χ2v) is 4.08. The molecule has 0 saturated heterocycles. The number of halogens is 1. The Morgan fingerprint density at radius 3 is 3.12 bits per heavy atom. The number of aromatic nitrogens is 3. The first-order chi connectivity index (χ1) is 7.70. The number of ether oxygens (including phenoxy) is 1. The molecule has 0 atom stereocenters. The number of carbonyl (C=O) groups is 1. The molecule has 0 radical (unpaired) electrons. The predicted octanol–water partition coefficient (Wildman–Crippen LogP) is 1.64. The fraction of sp³-hybridized carbons (Fsp3) is 0.222. The van der Waals surface area contributed by atoms with Crippen LogP contribution < -0.4 is 0 Å². The maximum absolute atomic E-state index is 11.3. The number of hydrogen-bond acceptors (Lipinski definition) is 5. The van der Waals surface area contributed by atoms with Crippen molar-refractivity contribution in [1.29, 1.82) is 0 Å². The fourth-order valence-electron chi connectivity index (χ4n) is 1.07. The molecular weight excluding hydrogens is 325 g/mol. The zero-order valence-corrected chi connectivity index (χ0v) is 10.5. The molecule has 0 unspecified atom stereocenters. The number of oxazole rings is 1. The van der Waals surface area contributed by atoms with E-state index in [1.165, 1.54) is 10.9 Å². The zero-order chi connectivity index (χ0) is 11.5. The third-order valence-corrected chi connectivity index (χ3v) is 2.28. The highest BCUT2D eigenvalue weighted by Gasteiger charge is 2.14. The highest BCUT2D eigenvalue weighted by Crippen LogP contribution is 2.10. The quantitative estimate of drug-likeness (QED) is 0.631. The predicted molar refractivity (Wildman–Crippen MR) is 62.3 cm³/mol. The van der Waals surface area contributed by atoms with E-state index in [1.807, 2.05) is 0 Å². The maximum Gasteiger partial charge on any atom is 0.360 e. The Bertz CT molecular complexity index is 506. The minimum atomic E-state index is -0.501. The van der Waals surface area contributed by atoms with E-state index in [-0.39, 0.29) is 11.7 Å².